The molecular formula is C22H24ClN3OS. The molecule has 28 heavy (non-hydrogen) atoms. The molecule has 0 aliphatic carbocycles. The summed E-state index contributed by atoms with van der Waals surface area (Å²) in [5, 5.41) is 2.77. The van der Waals surface area contributed by atoms with Crippen LogP contribution in [0.15, 0.2) is 72.1 Å². The lowest BCUT2D eigenvalue weighted by atomic mass is 9.85. The van der Waals surface area contributed by atoms with Crippen LogP contribution in [0, 0.1) is 6.92 Å². The van der Waals surface area contributed by atoms with Crippen molar-refractivity contribution in [1.82, 2.24) is 14.6 Å². The highest BCUT2D eigenvalue weighted by atomic mass is 35.5. The van der Waals surface area contributed by atoms with Crippen molar-refractivity contribution < 1.29 is 4.84 Å². The Hall–Kier alpha value is -1.79. The number of rotatable bonds is 6. The lowest BCUT2D eigenvalue weighted by Gasteiger charge is -2.35. The van der Waals surface area contributed by atoms with Gasteiger partial charge in [-0.15, -0.1) is 11.8 Å². The van der Waals surface area contributed by atoms with Crippen molar-refractivity contribution in [1.29, 1.82) is 0 Å². The fraction of sp³-hybridized carbons (Fsp3) is 0.318. The number of halogens is 1. The van der Waals surface area contributed by atoms with Crippen LogP contribution in [0.4, 0.5) is 0 Å². The first-order valence-corrected chi connectivity index (χ1v) is 10.7. The van der Waals surface area contributed by atoms with Gasteiger partial charge in [0.15, 0.2) is 0 Å². The first-order valence-electron chi connectivity index (χ1n) is 9.37. The van der Waals surface area contributed by atoms with Crippen LogP contribution < -0.4 is 0 Å². The van der Waals surface area contributed by atoms with Gasteiger partial charge in [0, 0.05) is 48.1 Å². The Labute approximate surface area is 175 Å². The molecule has 1 fully saturated rings. The number of nitrogens with zero attached hydrogens (tertiary/aromatic N) is 3. The molecule has 2 atom stereocenters. The van der Waals surface area contributed by atoms with Crippen LogP contribution in [-0.2, 0) is 16.9 Å². The van der Waals surface area contributed by atoms with Crippen molar-refractivity contribution in [3.8, 4) is 0 Å². The van der Waals surface area contributed by atoms with E-state index in [1.165, 1.54) is 16.0 Å². The number of thioether (sulfide) groups is 1. The summed E-state index contributed by atoms with van der Waals surface area (Å²) in [4.78, 5) is 11.8. The zero-order valence-electron chi connectivity index (χ0n) is 16.1. The number of benzene rings is 2. The van der Waals surface area contributed by atoms with Crippen molar-refractivity contribution in [3.63, 3.8) is 0 Å². The van der Waals surface area contributed by atoms with E-state index in [-0.39, 0.29) is 11.6 Å². The number of hydrogen-bond donors (Lipinski definition) is 0. The fourth-order valence-electron chi connectivity index (χ4n) is 3.78. The SMILES string of the molecule is Cc1ccc(SC[C@@H]2C[C@@](Cn3ccnc3)(c3ccc(Cl)cc3)N(C)O2)cc1. The highest BCUT2D eigenvalue weighted by Gasteiger charge is 2.46. The van der Waals surface area contributed by atoms with E-state index in [1.807, 2.05) is 54.7 Å². The fourth-order valence-corrected chi connectivity index (χ4v) is 4.79. The minimum atomic E-state index is -0.260. The van der Waals surface area contributed by atoms with E-state index in [4.69, 9.17) is 16.4 Å². The quantitative estimate of drug-likeness (QED) is 0.521. The normalized spacial score (nSPS) is 22.6. The average molecular weight is 414 g/mol. The van der Waals surface area contributed by atoms with Gasteiger partial charge in [0.2, 0.25) is 0 Å². The molecule has 0 amide bonds. The Kier molecular flexibility index (Phi) is 5.78. The van der Waals surface area contributed by atoms with E-state index < -0.39 is 0 Å². The standard InChI is InChI=1S/C22H24ClN3OS/c1-17-3-9-21(10-4-17)28-14-20-13-22(25(2)27-20,15-26-12-11-24-16-26)18-5-7-19(23)8-6-18/h3-12,16,20H,13-15H2,1-2H3/t20-,22+/m0/s1. The number of aromatic nitrogens is 2. The first kappa shape index (κ1) is 19.5. The van der Waals surface area contributed by atoms with E-state index in [9.17, 15) is 0 Å². The van der Waals surface area contributed by atoms with Crippen molar-refractivity contribution in [2.75, 3.05) is 12.8 Å². The van der Waals surface area contributed by atoms with Crippen LogP contribution in [0.25, 0.3) is 0 Å². The molecule has 3 aromatic rings. The molecule has 4 rings (SSSR count). The van der Waals surface area contributed by atoms with Gasteiger partial charge in [0.25, 0.3) is 0 Å². The molecular weight excluding hydrogens is 390 g/mol. The van der Waals surface area contributed by atoms with E-state index in [1.54, 1.807) is 0 Å². The summed E-state index contributed by atoms with van der Waals surface area (Å²) >= 11 is 7.98. The monoisotopic (exact) mass is 413 g/mol. The Morgan fingerprint density at radius 3 is 2.61 bits per heavy atom. The average Bonchev–Trinajstić information content (AvgIpc) is 3.31. The van der Waals surface area contributed by atoms with E-state index in [0.29, 0.717) is 0 Å². The van der Waals surface area contributed by atoms with Crippen LogP contribution in [0.5, 0.6) is 0 Å². The molecule has 0 saturated carbocycles. The summed E-state index contributed by atoms with van der Waals surface area (Å²) in [6.45, 7) is 2.89. The highest BCUT2D eigenvalue weighted by Crippen LogP contribution is 2.42. The molecule has 0 N–H and O–H groups in total. The first-order chi connectivity index (χ1) is 13.5. The number of imidazole rings is 1. The van der Waals surface area contributed by atoms with Crippen LogP contribution in [-0.4, -0.2) is 33.5 Å². The van der Waals surface area contributed by atoms with Gasteiger partial charge in [-0.25, -0.2) is 4.98 Å². The highest BCUT2D eigenvalue weighted by molar-refractivity contribution is 7.99. The summed E-state index contributed by atoms with van der Waals surface area (Å²) < 4.78 is 2.12. The van der Waals surface area contributed by atoms with Gasteiger partial charge in [0.05, 0.1) is 18.0 Å². The second-order valence-corrected chi connectivity index (χ2v) is 8.86. The molecule has 0 bridgehead atoms. The smallest absolute Gasteiger partial charge is 0.0946 e. The van der Waals surface area contributed by atoms with Gasteiger partial charge in [-0.3, -0.25) is 4.84 Å². The van der Waals surface area contributed by atoms with Crippen molar-refractivity contribution in [3.05, 3.63) is 83.4 Å². The molecule has 2 heterocycles. The predicted molar refractivity (Wildman–Crippen MR) is 115 cm³/mol. The van der Waals surface area contributed by atoms with Crippen molar-refractivity contribution in [2.24, 2.45) is 0 Å². The van der Waals surface area contributed by atoms with Crippen molar-refractivity contribution in [2.45, 2.75) is 36.4 Å². The molecule has 1 saturated heterocycles. The second kappa shape index (κ2) is 8.29. The van der Waals surface area contributed by atoms with Gasteiger partial charge in [-0.05, 0) is 36.8 Å². The molecule has 146 valence electrons. The number of hydroxylamine groups is 2. The third-order valence-electron chi connectivity index (χ3n) is 5.32. The summed E-state index contributed by atoms with van der Waals surface area (Å²) in [6, 6.07) is 16.8. The third kappa shape index (κ3) is 4.13. The molecule has 1 aromatic heterocycles. The molecule has 0 radical (unpaired) electrons. The number of hydrogen-bond acceptors (Lipinski definition) is 4. The van der Waals surface area contributed by atoms with E-state index in [2.05, 4.69) is 52.9 Å². The second-order valence-electron chi connectivity index (χ2n) is 7.33. The Balaban J connectivity index is 1.55. The van der Waals surface area contributed by atoms with Gasteiger partial charge in [0.1, 0.15) is 0 Å². The summed E-state index contributed by atoms with van der Waals surface area (Å²) in [6.07, 6.45) is 6.72. The Bertz CT molecular complexity index is 899. The zero-order chi connectivity index (χ0) is 19.6. The molecule has 4 nitrogen and oxygen atoms in total. The molecule has 6 heteroatoms. The van der Waals surface area contributed by atoms with Crippen LogP contribution in [0.2, 0.25) is 5.02 Å². The molecule has 1 aliphatic rings. The summed E-state index contributed by atoms with van der Waals surface area (Å²) in [5.74, 6) is 0.909. The number of likely N-dealkylation sites (N-methyl/N-ethyl adjacent to an activating group) is 1. The van der Waals surface area contributed by atoms with Crippen molar-refractivity contribution >= 4 is 23.4 Å². The summed E-state index contributed by atoms with van der Waals surface area (Å²) in [5.41, 5.74) is 2.23. The lowest BCUT2D eigenvalue weighted by Crippen LogP contribution is -2.41. The third-order valence-corrected chi connectivity index (χ3v) is 6.71. The Morgan fingerprint density at radius 1 is 1.18 bits per heavy atom. The molecule has 0 spiro atoms. The largest absolute Gasteiger partial charge is 0.335 e. The minimum absolute atomic E-state index is 0.135. The van der Waals surface area contributed by atoms with E-state index in [0.717, 1.165) is 23.7 Å². The van der Waals surface area contributed by atoms with Gasteiger partial charge < -0.3 is 4.57 Å². The minimum Gasteiger partial charge on any atom is -0.335 e. The van der Waals surface area contributed by atoms with Crippen LogP contribution in [0.3, 0.4) is 0 Å². The lowest BCUT2D eigenvalue weighted by molar-refractivity contribution is -0.170. The molecule has 1 aliphatic heterocycles. The maximum atomic E-state index is 6.30. The zero-order valence-corrected chi connectivity index (χ0v) is 17.7. The maximum Gasteiger partial charge on any atom is 0.0946 e. The van der Waals surface area contributed by atoms with Crippen LogP contribution in [0.1, 0.15) is 17.5 Å². The topological polar surface area (TPSA) is 30.3 Å². The maximum absolute atomic E-state index is 6.30. The predicted octanol–water partition coefficient (Wildman–Crippen LogP) is 5.17. The Morgan fingerprint density at radius 2 is 1.93 bits per heavy atom. The number of aryl methyl sites for hydroxylation is 1. The molecule has 0 unspecified atom stereocenters. The van der Waals surface area contributed by atoms with E-state index >= 15 is 0 Å². The van der Waals surface area contributed by atoms with Crippen LogP contribution >= 0.6 is 23.4 Å². The molecule has 2 aromatic carbocycles. The van der Waals surface area contributed by atoms with Gasteiger partial charge in [-0.2, -0.15) is 5.06 Å². The van der Waals surface area contributed by atoms with Gasteiger partial charge in [-0.1, -0.05) is 41.4 Å². The van der Waals surface area contributed by atoms with Gasteiger partial charge >= 0.3 is 0 Å². The summed E-state index contributed by atoms with van der Waals surface area (Å²) in [7, 11) is 2.03.